The van der Waals surface area contributed by atoms with E-state index < -0.39 is 11.9 Å². The smallest absolute Gasteiger partial charge is 0.345 e. The Morgan fingerprint density at radius 3 is 1.88 bits per heavy atom. The van der Waals surface area contributed by atoms with Crippen molar-refractivity contribution in [1.82, 2.24) is 4.90 Å². The molecule has 0 saturated carbocycles. The Kier molecular flexibility index (Phi) is 7.17. The average molecular weight is 239 g/mol. The van der Waals surface area contributed by atoms with E-state index in [4.69, 9.17) is 0 Å². The van der Waals surface area contributed by atoms with Crippen LogP contribution in [-0.4, -0.2) is 45.2 Å². The molecule has 0 aliphatic carbocycles. The lowest BCUT2D eigenvalue weighted by molar-refractivity contribution is -0.144. The van der Waals surface area contributed by atoms with Crippen LogP contribution in [0.25, 0.3) is 0 Å². The molecule has 0 aromatic heterocycles. The van der Waals surface area contributed by atoms with Crippen molar-refractivity contribution in [1.29, 1.82) is 0 Å². The molecule has 0 bridgehead atoms. The van der Waals surface area contributed by atoms with Crippen molar-refractivity contribution in [2.24, 2.45) is 0 Å². The normalized spacial score (nSPS) is 10.4. The lowest BCUT2D eigenvalue weighted by Gasteiger charge is -2.01. The van der Waals surface area contributed by atoms with Crippen LogP contribution in [0.5, 0.6) is 0 Å². The summed E-state index contributed by atoms with van der Waals surface area (Å²) in [4.78, 5) is 24.3. The first-order valence-corrected chi connectivity index (χ1v) is 4.91. The van der Waals surface area contributed by atoms with E-state index in [0.29, 0.717) is 0 Å². The monoisotopic (exact) mass is 239 g/mol. The van der Waals surface area contributed by atoms with E-state index in [9.17, 15) is 9.59 Å². The average Bonchev–Trinajstić information content (AvgIpc) is 2.31. The Hall–Kier alpha value is -2.04. The third-order valence-corrected chi connectivity index (χ3v) is 1.68. The molecule has 0 aromatic carbocycles. The second-order valence-electron chi connectivity index (χ2n) is 3.25. The highest BCUT2D eigenvalue weighted by molar-refractivity contribution is 6.14. The first-order chi connectivity index (χ1) is 8.02. The van der Waals surface area contributed by atoms with Crippen molar-refractivity contribution < 1.29 is 19.1 Å². The number of rotatable bonds is 5. The number of ether oxygens (including phenoxy) is 2. The van der Waals surface area contributed by atoms with E-state index in [-0.39, 0.29) is 5.57 Å². The van der Waals surface area contributed by atoms with Gasteiger partial charge in [-0.3, -0.25) is 0 Å². The molecule has 0 atom stereocenters. The minimum Gasteiger partial charge on any atom is -0.465 e. The number of methoxy groups -OCH3 is 2. The van der Waals surface area contributed by atoms with Crippen molar-refractivity contribution in [3.8, 4) is 0 Å². The fourth-order valence-corrected chi connectivity index (χ4v) is 0.877. The van der Waals surface area contributed by atoms with Crippen LogP contribution in [0.2, 0.25) is 0 Å². The van der Waals surface area contributed by atoms with Gasteiger partial charge in [0.2, 0.25) is 0 Å². The van der Waals surface area contributed by atoms with E-state index in [1.165, 1.54) is 20.3 Å². The molecule has 0 aliphatic heterocycles. The molecular weight excluding hydrogens is 222 g/mol. The predicted molar refractivity (Wildman–Crippen MR) is 64.1 cm³/mol. The van der Waals surface area contributed by atoms with Gasteiger partial charge in [0, 0.05) is 14.1 Å². The lowest BCUT2D eigenvalue weighted by atomic mass is 10.2. The largest absolute Gasteiger partial charge is 0.465 e. The van der Waals surface area contributed by atoms with E-state index >= 15 is 0 Å². The summed E-state index contributed by atoms with van der Waals surface area (Å²) in [7, 11) is 6.17. The Morgan fingerprint density at radius 2 is 1.47 bits per heavy atom. The van der Waals surface area contributed by atoms with Gasteiger partial charge in [-0.1, -0.05) is 12.2 Å². The maximum atomic E-state index is 11.2. The fourth-order valence-electron chi connectivity index (χ4n) is 0.877. The van der Waals surface area contributed by atoms with Gasteiger partial charge in [-0.2, -0.15) is 0 Å². The first-order valence-electron chi connectivity index (χ1n) is 4.91. The summed E-state index contributed by atoms with van der Waals surface area (Å²) in [5.74, 6) is -1.45. The lowest BCUT2D eigenvalue weighted by Crippen LogP contribution is -2.15. The highest BCUT2D eigenvalue weighted by atomic mass is 16.5. The van der Waals surface area contributed by atoms with Crippen LogP contribution in [0.3, 0.4) is 0 Å². The molecule has 0 aliphatic rings. The van der Waals surface area contributed by atoms with Crippen LogP contribution in [0.15, 0.2) is 36.1 Å². The number of nitrogens with zero attached hydrogens (tertiary/aromatic N) is 1. The fraction of sp³-hybridized carbons (Fsp3) is 0.333. The summed E-state index contributed by atoms with van der Waals surface area (Å²) < 4.78 is 8.92. The van der Waals surface area contributed by atoms with Gasteiger partial charge in [0.15, 0.2) is 0 Å². The topological polar surface area (TPSA) is 55.8 Å². The molecule has 0 aromatic rings. The third kappa shape index (κ3) is 6.19. The van der Waals surface area contributed by atoms with Crippen molar-refractivity contribution in [2.75, 3.05) is 28.3 Å². The second-order valence-corrected chi connectivity index (χ2v) is 3.25. The molecule has 5 nitrogen and oxygen atoms in total. The molecule has 0 fully saturated rings. The Bertz CT molecular complexity index is 336. The number of esters is 2. The Labute approximate surface area is 101 Å². The molecule has 0 unspecified atom stereocenters. The van der Waals surface area contributed by atoms with Crippen LogP contribution in [-0.2, 0) is 19.1 Å². The minimum absolute atomic E-state index is 0.149. The zero-order valence-corrected chi connectivity index (χ0v) is 10.5. The van der Waals surface area contributed by atoms with Crippen LogP contribution < -0.4 is 0 Å². The molecule has 5 heteroatoms. The van der Waals surface area contributed by atoms with Gasteiger partial charge in [-0.15, -0.1) is 0 Å². The highest BCUT2D eigenvalue weighted by Crippen LogP contribution is 2.01. The molecule has 94 valence electrons. The van der Waals surface area contributed by atoms with E-state index in [1.807, 2.05) is 25.2 Å². The van der Waals surface area contributed by atoms with Crippen LogP contribution in [0.4, 0.5) is 0 Å². The predicted octanol–water partition coefficient (Wildman–Crippen LogP) is 0.890. The Morgan fingerprint density at radius 1 is 0.941 bits per heavy atom. The van der Waals surface area contributed by atoms with Gasteiger partial charge in [0.25, 0.3) is 0 Å². The number of hydrogen-bond acceptors (Lipinski definition) is 5. The van der Waals surface area contributed by atoms with Gasteiger partial charge >= 0.3 is 11.9 Å². The van der Waals surface area contributed by atoms with Gasteiger partial charge in [0.05, 0.1) is 14.2 Å². The van der Waals surface area contributed by atoms with Crippen LogP contribution in [0, 0.1) is 0 Å². The van der Waals surface area contributed by atoms with E-state index in [2.05, 4.69) is 9.47 Å². The summed E-state index contributed by atoms with van der Waals surface area (Å²) >= 11 is 0. The SMILES string of the molecule is COC(=O)C(=C/C=C/C=C/N(C)C)C(=O)OC. The highest BCUT2D eigenvalue weighted by Gasteiger charge is 2.18. The quantitative estimate of drug-likeness (QED) is 0.234. The molecule has 0 amide bonds. The molecule has 17 heavy (non-hydrogen) atoms. The minimum atomic E-state index is -0.724. The number of allylic oxidation sites excluding steroid dienone is 4. The summed E-state index contributed by atoms with van der Waals surface area (Å²) in [5.41, 5.74) is -0.149. The Balaban J connectivity index is 4.71. The van der Waals surface area contributed by atoms with Crippen molar-refractivity contribution >= 4 is 11.9 Å². The third-order valence-electron chi connectivity index (χ3n) is 1.68. The standard InChI is InChI=1S/C12H17NO4/c1-13(2)9-7-5-6-8-10(11(14)16-3)12(15)17-4/h5-9H,1-4H3/b6-5+,9-7+. The van der Waals surface area contributed by atoms with Gasteiger partial charge in [0.1, 0.15) is 5.57 Å². The molecular formula is C12H17NO4. The summed E-state index contributed by atoms with van der Waals surface area (Å²) in [6.07, 6.45) is 8.18. The van der Waals surface area contributed by atoms with Crippen LogP contribution >= 0.6 is 0 Å². The maximum absolute atomic E-state index is 11.2. The van der Waals surface area contributed by atoms with Gasteiger partial charge in [-0.05, 0) is 18.4 Å². The molecule has 0 rings (SSSR count). The van der Waals surface area contributed by atoms with Crippen molar-refractivity contribution in [2.45, 2.75) is 0 Å². The summed E-state index contributed by atoms with van der Waals surface area (Å²) in [6, 6.07) is 0. The summed E-state index contributed by atoms with van der Waals surface area (Å²) in [6.45, 7) is 0. The number of carbonyl (C=O) groups excluding carboxylic acids is 2. The van der Waals surface area contributed by atoms with Gasteiger partial charge in [-0.25, -0.2) is 9.59 Å². The zero-order valence-electron chi connectivity index (χ0n) is 10.5. The van der Waals surface area contributed by atoms with Crippen LogP contribution in [0.1, 0.15) is 0 Å². The van der Waals surface area contributed by atoms with E-state index in [0.717, 1.165) is 0 Å². The maximum Gasteiger partial charge on any atom is 0.345 e. The molecule has 0 spiro atoms. The summed E-state index contributed by atoms with van der Waals surface area (Å²) in [5, 5.41) is 0. The molecule has 0 heterocycles. The molecule has 0 saturated heterocycles. The van der Waals surface area contributed by atoms with Crippen molar-refractivity contribution in [3.63, 3.8) is 0 Å². The second kappa shape index (κ2) is 8.15. The number of hydrogen-bond donors (Lipinski definition) is 0. The van der Waals surface area contributed by atoms with Crippen molar-refractivity contribution in [3.05, 3.63) is 36.1 Å². The van der Waals surface area contributed by atoms with Gasteiger partial charge < -0.3 is 14.4 Å². The molecule has 0 radical (unpaired) electrons. The molecule has 0 N–H and O–H groups in total. The first kappa shape index (κ1) is 15.0. The zero-order chi connectivity index (χ0) is 13.3. The number of carbonyl (C=O) groups is 2. The van der Waals surface area contributed by atoms with E-state index in [1.54, 1.807) is 18.2 Å².